The maximum absolute atomic E-state index is 14.7. The third kappa shape index (κ3) is 5.79. The molecule has 0 bridgehead atoms. The van der Waals surface area contributed by atoms with Gasteiger partial charge in [-0.3, -0.25) is 4.79 Å². The molecule has 4 rings (SSSR count). The van der Waals surface area contributed by atoms with Crippen LogP contribution >= 0.6 is 0 Å². The molecular formula is C25H20F5N5O3S. The molecule has 14 heteroatoms. The molecule has 1 fully saturated rings. The highest BCUT2D eigenvalue weighted by Gasteiger charge is 2.49. The molecule has 0 radical (unpaired) electrons. The molecule has 1 aliphatic rings. The Morgan fingerprint density at radius 2 is 1.79 bits per heavy atom. The summed E-state index contributed by atoms with van der Waals surface area (Å²) in [7, 11) is -4.43. The van der Waals surface area contributed by atoms with Crippen LogP contribution in [-0.2, 0) is 27.4 Å². The number of halogens is 5. The Morgan fingerprint density at radius 3 is 2.38 bits per heavy atom. The maximum atomic E-state index is 14.7. The monoisotopic (exact) mass is 565 g/mol. The molecule has 0 aliphatic carbocycles. The van der Waals surface area contributed by atoms with Crippen molar-refractivity contribution in [3.05, 3.63) is 77.5 Å². The van der Waals surface area contributed by atoms with Gasteiger partial charge in [0.2, 0.25) is 5.82 Å². The van der Waals surface area contributed by atoms with Crippen molar-refractivity contribution in [2.24, 2.45) is 0 Å². The SMILES string of the molecule is [C-]#[N+]c1ccc(-c2cnc(C(F)(F)F)nc2)cc1CCC(=O)[C@@H]1C[C@@H](F)[C@H](C)N1S(=O)(=O)c1ccc(F)cn1. The second kappa shape index (κ2) is 10.7. The van der Waals surface area contributed by atoms with Gasteiger partial charge >= 0.3 is 6.18 Å². The van der Waals surface area contributed by atoms with Gasteiger partial charge in [0.1, 0.15) is 12.0 Å². The average molecular weight is 566 g/mol. The van der Waals surface area contributed by atoms with E-state index in [-0.39, 0.29) is 30.5 Å². The van der Waals surface area contributed by atoms with Crippen molar-refractivity contribution in [1.82, 2.24) is 19.3 Å². The molecule has 1 aliphatic heterocycles. The molecular weight excluding hydrogens is 545 g/mol. The van der Waals surface area contributed by atoms with Crippen LogP contribution in [0.4, 0.5) is 27.6 Å². The van der Waals surface area contributed by atoms with E-state index in [9.17, 15) is 35.2 Å². The number of sulfonamides is 1. The van der Waals surface area contributed by atoms with Crippen LogP contribution in [-0.4, -0.2) is 51.7 Å². The summed E-state index contributed by atoms with van der Waals surface area (Å²) in [4.78, 5) is 26.8. The first kappa shape index (κ1) is 28.2. The number of Topliss-reactive ketones (excluding diaryl/α,β-unsaturated/α-hetero) is 1. The van der Waals surface area contributed by atoms with Crippen molar-refractivity contribution < 1.29 is 35.2 Å². The van der Waals surface area contributed by atoms with E-state index >= 15 is 0 Å². The summed E-state index contributed by atoms with van der Waals surface area (Å²) in [5.41, 5.74) is 1.22. The predicted octanol–water partition coefficient (Wildman–Crippen LogP) is 4.94. The molecule has 1 aromatic carbocycles. The Balaban J connectivity index is 1.56. The van der Waals surface area contributed by atoms with Gasteiger partial charge in [0.25, 0.3) is 10.0 Å². The second-order valence-electron chi connectivity index (χ2n) is 8.87. The number of carbonyl (C=O) groups excluding carboxylic acids is 1. The van der Waals surface area contributed by atoms with Crippen molar-refractivity contribution in [2.45, 2.75) is 55.6 Å². The zero-order valence-electron chi connectivity index (χ0n) is 20.2. The minimum atomic E-state index is -4.71. The van der Waals surface area contributed by atoms with Gasteiger partial charge in [0.05, 0.1) is 24.9 Å². The molecule has 8 nitrogen and oxygen atoms in total. The molecule has 39 heavy (non-hydrogen) atoms. The normalized spacial score (nSPS) is 20.1. The molecule has 3 heterocycles. The van der Waals surface area contributed by atoms with Crippen molar-refractivity contribution in [1.29, 1.82) is 0 Å². The average Bonchev–Trinajstić information content (AvgIpc) is 3.21. The van der Waals surface area contributed by atoms with Crippen molar-refractivity contribution in [3.8, 4) is 11.1 Å². The van der Waals surface area contributed by atoms with Crippen LogP contribution in [0.15, 0.2) is 53.9 Å². The summed E-state index contributed by atoms with van der Waals surface area (Å²) in [6.45, 7) is 8.73. The molecule has 0 unspecified atom stereocenters. The van der Waals surface area contributed by atoms with Gasteiger partial charge in [-0.05, 0) is 36.6 Å². The van der Waals surface area contributed by atoms with E-state index in [2.05, 4.69) is 19.8 Å². The van der Waals surface area contributed by atoms with Crippen molar-refractivity contribution in [2.75, 3.05) is 0 Å². The van der Waals surface area contributed by atoms with E-state index in [0.29, 0.717) is 17.3 Å². The molecule has 0 saturated carbocycles. The minimum Gasteiger partial charge on any atom is -0.298 e. The summed E-state index contributed by atoms with van der Waals surface area (Å²) in [5, 5.41) is -0.524. The zero-order valence-corrected chi connectivity index (χ0v) is 21.0. The Morgan fingerprint density at radius 1 is 1.10 bits per heavy atom. The number of hydrogen-bond acceptors (Lipinski definition) is 6. The number of hydrogen-bond donors (Lipinski definition) is 0. The quantitative estimate of drug-likeness (QED) is 0.298. The van der Waals surface area contributed by atoms with Gasteiger partial charge in [0.15, 0.2) is 16.5 Å². The van der Waals surface area contributed by atoms with Crippen molar-refractivity contribution in [3.63, 3.8) is 0 Å². The van der Waals surface area contributed by atoms with E-state index in [1.165, 1.54) is 25.1 Å². The molecule has 3 atom stereocenters. The van der Waals surface area contributed by atoms with Crippen LogP contribution in [0.25, 0.3) is 16.0 Å². The minimum absolute atomic E-state index is 0.0175. The fraction of sp³-hybridized carbons (Fsp3) is 0.320. The number of pyridine rings is 1. The number of rotatable bonds is 7. The lowest BCUT2D eigenvalue weighted by Crippen LogP contribution is -2.45. The van der Waals surface area contributed by atoms with Gasteiger partial charge < -0.3 is 0 Å². The molecule has 1 saturated heterocycles. The van der Waals surface area contributed by atoms with Gasteiger partial charge in [-0.25, -0.2) is 37.0 Å². The van der Waals surface area contributed by atoms with Gasteiger partial charge in [-0.2, -0.15) is 17.5 Å². The fourth-order valence-corrected chi connectivity index (χ4v) is 6.11. The Kier molecular flexibility index (Phi) is 7.76. The summed E-state index contributed by atoms with van der Waals surface area (Å²) in [6, 6.07) is 3.77. The number of carbonyl (C=O) groups is 1. The lowest BCUT2D eigenvalue weighted by atomic mass is 9.98. The second-order valence-corrected chi connectivity index (χ2v) is 10.7. The third-order valence-corrected chi connectivity index (χ3v) is 8.29. The smallest absolute Gasteiger partial charge is 0.298 e. The number of ketones is 1. The molecule has 0 spiro atoms. The number of aryl methyl sites for hydroxylation is 1. The van der Waals surface area contributed by atoms with Gasteiger partial charge in [-0.15, -0.1) is 0 Å². The van der Waals surface area contributed by atoms with Crippen LogP contribution in [0, 0.1) is 12.4 Å². The first-order chi connectivity index (χ1) is 18.3. The molecule has 2 aromatic heterocycles. The summed E-state index contributed by atoms with van der Waals surface area (Å²) in [5.74, 6) is -2.66. The van der Waals surface area contributed by atoms with E-state index < -0.39 is 56.9 Å². The van der Waals surface area contributed by atoms with E-state index in [1.807, 2.05) is 0 Å². The van der Waals surface area contributed by atoms with E-state index in [1.54, 1.807) is 0 Å². The van der Waals surface area contributed by atoms with E-state index in [0.717, 1.165) is 28.8 Å². The predicted molar refractivity (Wildman–Crippen MR) is 128 cm³/mol. The van der Waals surface area contributed by atoms with Crippen LogP contribution in [0.2, 0.25) is 0 Å². The first-order valence-electron chi connectivity index (χ1n) is 11.5. The van der Waals surface area contributed by atoms with Gasteiger partial charge in [-0.1, -0.05) is 18.2 Å². The largest absolute Gasteiger partial charge is 0.451 e. The Bertz CT molecular complexity index is 1520. The molecule has 3 aromatic rings. The van der Waals surface area contributed by atoms with E-state index in [4.69, 9.17) is 6.57 Å². The molecule has 0 amide bonds. The maximum Gasteiger partial charge on any atom is 0.451 e. The van der Waals surface area contributed by atoms with Gasteiger partial charge in [0, 0.05) is 30.8 Å². The van der Waals surface area contributed by atoms with Crippen LogP contribution in [0.3, 0.4) is 0 Å². The zero-order chi connectivity index (χ0) is 28.5. The highest BCUT2D eigenvalue weighted by atomic mass is 32.2. The number of aromatic nitrogens is 3. The summed E-state index contributed by atoms with van der Waals surface area (Å²) >= 11 is 0. The van der Waals surface area contributed by atoms with Crippen LogP contribution < -0.4 is 0 Å². The van der Waals surface area contributed by atoms with Crippen LogP contribution in [0.5, 0.6) is 0 Å². The number of nitrogens with zero attached hydrogens (tertiary/aromatic N) is 5. The lowest BCUT2D eigenvalue weighted by Gasteiger charge is -2.26. The Hall–Kier alpha value is -3.83. The fourth-order valence-electron chi connectivity index (χ4n) is 4.36. The van der Waals surface area contributed by atoms with Crippen molar-refractivity contribution >= 4 is 21.5 Å². The topological polar surface area (TPSA) is 97.5 Å². The summed E-state index contributed by atoms with van der Waals surface area (Å²) in [6.07, 6.45) is -4.29. The van der Waals surface area contributed by atoms with Crippen LogP contribution in [0.1, 0.15) is 31.2 Å². The molecule has 204 valence electrons. The highest BCUT2D eigenvalue weighted by molar-refractivity contribution is 7.89. The first-order valence-corrected chi connectivity index (χ1v) is 13.0. The lowest BCUT2D eigenvalue weighted by molar-refractivity contribution is -0.145. The number of benzene rings is 1. The summed E-state index contributed by atoms with van der Waals surface area (Å²) < 4.78 is 93.4. The standard InChI is InChI=1S/C25H20F5N5O3S/c1-14-19(27)10-21(35(14)39(37,38)23-8-5-18(26)13-32-23)22(36)7-4-16-9-15(3-6-20(16)31-2)17-11-33-24(34-12-17)25(28,29)30/h3,5-6,8-9,11-14,19,21H,4,7,10H2,1H3/t14-,19+,21-/m0/s1. The Labute approximate surface area is 220 Å². The third-order valence-electron chi connectivity index (χ3n) is 6.37. The highest BCUT2D eigenvalue weighted by Crippen LogP contribution is 2.35. The number of alkyl halides is 4. The molecule has 0 N–H and O–H groups in total.